The van der Waals surface area contributed by atoms with Crippen LogP contribution < -0.4 is 4.74 Å². The van der Waals surface area contributed by atoms with Gasteiger partial charge in [0.1, 0.15) is 11.6 Å². The van der Waals surface area contributed by atoms with E-state index in [0.717, 1.165) is 19.3 Å². The summed E-state index contributed by atoms with van der Waals surface area (Å²) < 4.78 is 19.0. The van der Waals surface area contributed by atoms with Crippen LogP contribution in [0.4, 0.5) is 4.39 Å². The van der Waals surface area contributed by atoms with Gasteiger partial charge in [-0.15, -0.1) is 0 Å². The lowest BCUT2D eigenvalue weighted by Gasteiger charge is -2.05. The van der Waals surface area contributed by atoms with E-state index in [1.807, 2.05) is 19.1 Å². The summed E-state index contributed by atoms with van der Waals surface area (Å²) in [6, 6.07) is 5.06. The van der Waals surface area contributed by atoms with Gasteiger partial charge in [0.15, 0.2) is 0 Å². The average Bonchev–Trinajstić information content (AvgIpc) is 3.01. The van der Waals surface area contributed by atoms with Crippen molar-refractivity contribution in [2.75, 3.05) is 0 Å². The maximum atomic E-state index is 13.5. The molecular formula is C13H15FO. The summed E-state index contributed by atoms with van der Waals surface area (Å²) in [6.45, 7) is 2.03. The molecule has 1 aliphatic rings. The number of hydrogen-bond donors (Lipinski definition) is 0. The molecule has 0 atom stereocenters. The van der Waals surface area contributed by atoms with Crippen LogP contribution in [0.15, 0.2) is 24.3 Å². The number of allylic oxidation sites excluding steroid dienone is 1. The van der Waals surface area contributed by atoms with Gasteiger partial charge in [-0.05, 0) is 31.4 Å². The van der Waals surface area contributed by atoms with Crippen molar-refractivity contribution in [2.24, 2.45) is 0 Å². The van der Waals surface area contributed by atoms with E-state index in [2.05, 4.69) is 0 Å². The van der Waals surface area contributed by atoms with Crippen molar-refractivity contribution in [3.05, 3.63) is 35.7 Å². The van der Waals surface area contributed by atoms with Crippen molar-refractivity contribution in [2.45, 2.75) is 32.3 Å². The third-order valence-electron chi connectivity index (χ3n) is 2.33. The van der Waals surface area contributed by atoms with E-state index in [0.29, 0.717) is 17.4 Å². The summed E-state index contributed by atoms with van der Waals surface area (Å²) in [5, 5.41) is 0. The van der Waals surface area contributed by atoms with Crippen molar-refractivity contribution in [1.82, 2.24) is 0 Å². The molecule has 80 valence electrons. The SMILES string of the molecule is CC/C=C/c1ccc(OC2CC2)cc1F. The first-order chi connectivity index (χ1) is 7.29. The zero-order chi connectivity index (χ0) is 10.7. The van der Waals surface area contributed by atoms with Gasteiger partial charge in [-0.1, -0.05) is 19.1 Å². The molecule has 15 heavy (non-hydrogen) atoms. The number of rotatable bonds is 4. The molecule has 1 aromatic rings. The lowest BCUT2D eigenvalue weighted by Crippen LogP contribution is -1.96. The van der Waals surface area contributed by atoms with Crippen molar-refractivity contribution >= 4 is 6.08 Å². The van der Waals surface area contributed by atoms with E-state index in [4.69, 9.17) is 4.74 Å². The molecule has 0 amide bonds. The molecule has 2 heteroatoms. The van der Waals surface area contributed by atoms with Crippen molar-refractivity contribution in [1.29, 1.82) is 0 Å². The molecule has 0 spiro atoms. The number of benzene rings is 1. The fourth-order valence-corrected chi connectivity index (χ4v) is 1.34. The second-order valence-electron chi connectivity index (χ2n) is 3.81. The Labute approximate surface area is 89.6 Å². The third-order valence-corrected chi connectivity index (χ3v) is 2.33. The molecule has 0 bridgehead atoms. The normalized spacial score (nSPS) is 15.9. The summed E-state index contributed by atoms with van der Waals surface area (Å²) in [5.74, 6) is 0.432. The number of halogens is 1. The summed E-state index contributed by atoms with van der Waals surface area (Å²) in [6.07, 6.45) is 7.18. The fraction of sp³-hybridized carbons (Fsp3) is 0.385. The quantitative estimate of drug-likeness (QED) is 0.728. The highest BCUT2D eigenvalue weighted by molar-refractivity contribution is 5.51. The van der Waals surface area contributed by atoms with Crippen LogP contribution in [0.3, 0.4) is 0 Å². The summed E-state index contributed by atoms with van der Waals surface area (Å²) in [4.78, 5) is 0. The van der Waals surface area contributed by atoms with E-state index >= 15 is 0 Å². The van der Waals surface area contributed by atoms with E-state index < -0.39 is 0 Å². The molecule has 1 aromatic carbocycles. The van der Waals surface area contributed by atoms with E-state index in [1.54, 1.807) is 12.1 Å². The van der Waals surface area contributed by atoms with Crippen LogP contribution in [0.2, 0.25) is 0 Å². The van der Waals surface area contributed by atoms with Gasteiger partial charge in [-0.2, -0.15) is 0 Å². The van der Waals surface area contributed by atoms with Crippen LogP contribution in [0, 0.1) is 5.82 Å². The smallest absolute Gasteiger partial charge is 0.134 e. The van der Waals surface area contributed by atoms with Crippen molar-refractivity contribution in [3.8, 4) is 5.75 Å². The monoisotopic (exact) mass is 206 g/mol. The Bertz CT molecular complexity index is 367. The highest BCUT2D eigenvalue weighted by Crippen LogP contribution is 2.27. The molecule has 1 nitrogen and oxygen atoms in total. The highest BCUT2D eigenvalue weighted by Gasteiger charge is 2.23. The molecule has 2 rings (SSSR count). The second kappa shape index (κ2) is 4.47. The Kier molecular flexibility index (Phi) is 3.05. The van der Waals surface area contributed by atoms with Gasteiger partial charge >= 0.3 is 0 Å². The summed E-state index contributed by atoms with van der Waals surface area (Å²) in [5.41, 5.74) is 0.625. The lowest BCUT2D eigenvalue weighted by molar-refractivity contribution is 0.301. The molecule has 1 saturated carbocycles. The largest absolute Gasteiger partial charge is 0.490 e. The zero-order valence-electron chi connectivity index (χ0n) is 8.87. The molecule has 0 heterocycles. The molecule has 0 aromatic heterocycles. The molecule has 0 aliphatic heterocycles. The molecule has 1 fully saturated rings. The van der Waals surface area contributed by atoms with Gasteiger partial charge < -0.3 is 4.74 Å². The van der Waals surface area contributed by atoms with Crippen LogP contribution in [-0.2, 0) is 0 Å². The van der Waals surface area contributed by atoms with Crippen LogP contribution in [-0.4, -0.2) is 6.10 Å². The second-order valence-corrected chi connectivity index (χ2v) is 3.81. The fourth-order valence-electron chi connectivity index (χ4n) is 1.34. The first kappa shape index (κ1) is 10.2. The number of hydrogen-bond acceptors (Lipinski definition) is 1. The third kappa shape index (κ3) is 2.82. The van der Waals surface area contributed by atoms with Gasteiger partial charge in [0.05, 0.1) is 6.10 Å². The Balaban J connectivity index is 2.10. The molecule has 0 N–H and O–H groups in total. The van der Waals surface area contributed by atoms with Crippen molar-refractivity contribution in [3.63, 3.8) is 0 Å². The maximum Gasteiger partial charge on any atom is 0.134 e. The van der Waals surface area contributed by atoms with Crippen LogP contribution in [0.1, 0.15) is 31.7 Å². The Hall–Kier alpha value is -1.31. The van der Waals surface area contributed by atoms with Gasteiger partial charge in [-0.25, -0.2) is 4.39 Å². The first-order valence-electron chi connectivity index (χ1n) is 5.42. The van der Waals surface area contributed by atoms with Crippen LogP contribution in [0.25, 0.3) is 6.08 Å². The average molecular weight is 206 g/mol. The molecule has 0 radical (unpaired) electrons. The van der Waals surface area contributed by atoms with Crippen LogP contribution in [0.5, 0.6) is 5.75 Å². The molecule has 0 unspecified atom stereocenters. The van der Waals surface area contributed by atoms with E-state index in [1.165, 1.54) is 6.07 Å². The van der Waals surface area contributed by atoms with Gasteiger partial charge in [0, 0.05) is 11.6 Å². The van der Waals surface area contributed by atoms with Gasteiger partial charge in [-0.3, -0.25) is 0 Å². The topological polar surface area (TPSA) is 9.23 Å². The summed E-state index contributed by atoms with van der Waals surface area (Å²) >= 11 is 0. The Morgan fingerprint density at radius 2 is 2.27 bits per heavy atom. The standard InChI is InChI=1S/C13H15FO/c1-2-3-4-10-5-6-12(9-13(10)14)15-11-7-8-11/h3-6,9,11H,2,7-8H2,1H3/b4-3+. The minimum atomic E-state index is -0.210. The van der Waals surface area contributed by atoms with Crippen LogP contribution >= 0.6 is 0 Å². The molecule has 1 aliphatic carbocycles. The van der Waals surface area contributed by atoms with E-state index in [-0.39, 0.29) is 5.82 Å². The number of ether oxygens (including phenoxy) is 1. The lowest BCUT2D eigenvalue weighted by atomic mass is 10.2. The first-order valence-corrected chi connectivity index (χ1v) is 5.42. The Morgan fingerprint density at radius 1 is 1.47 bits per heavy atom. The van der Waals surface area contributed by atoms with Crippen molar-refractivity contribution < 1.29 is 9.13 Å². The Morgan fingerprint density at radius 3 is 2.87 bits per heavy atom. The van der Waals surface area contributed by atoms with Gasteiger partial charge in [0.25, 0.3) is 0 Å². The van der Waals surface area contributed by atoms with E-state index in [9.17, 15) is 4.39 Å². The molecule has 0 saturated heterocycles. The minimum Gasteiger partial charge on any atom is -0.490 e. The predicted molar refractivity (Wildman–Crippen MR) is 59.4 cm³/mol. The maximum absolute atomic E-state index is 13.5. The van der Waals surface area contributed by atoms with Gasteiger partial charge in [0.2, 0.25) is 0 Å². The predicted octanol–water partition coefficient (Wildman–Crippen LogP) is 3.79. The highest BCUT2D eigenvalue weighted by atomic mass is 19.1. The minimum absolute atomic E-state index is 0.210. The molecular weight excluding hydrogens is 191 g/mol. The summed E-state index contributed by atoms with van der Waals surface area (Å²) in [7, 11) is 0. The zero-order valence-corrected chi connectivity index (χ0v) is 8.87.